The first kappa shape index (κ1) is 28.5. The molecule has 2 aromatic rings. The second-order valence-electron chi connectivity index (χ2n) is 11.1. The highest BCUT2D eigenvalue weighted by molar-refractivity contribution is 7.13. The lowest BCUT2D eigenvalue weighted by Crippen LogP contribution is -2.72. The summed E-state index contributed by atoms with van der Waals surface area (Å²) in [6.07, 6.45) is 10.2. The van der Waals surface area contributed by atoms with Crippen LogP contribution in [0.1, 0.15) is 50.6 Å². The van der Waals surface area contributed by atoms with Crippen molar-refractivity contribution in [3.63, 3.8) is 0 Å². The number of carboxylic acids is 1. The Morgan fingerprint density at radius 2 is 2.05 bits per heavy atom. The molecule has 1 saturated carbocycles. The Balaban J connectivity index is 1.20. The molecule has 3 fully saturated rings. The summed E-state index contributed by atoms with van der Waals surface area (Å²) in [5, 5.41) is 18.8. The number of thiazole rings is 1. The molecule has 13 nitrogen and oxygen atoms in total. The summed E-state index contributed by atoms with van der Waals surface area (Å²) in [6, 6.07) is 2.21. The lowest BCUT2D eigenvalue weighted by atomic mass is 9.82. The molecule has 14 heteroatoms. The maximum atomic E-state index is 13.3. The van der Waals surface area contributed by atoms with Crippen molar-refractivity contribution in [3.8, 4) is 0 Å². The van der Waals surface area contributed by atoms with Crippen LogP contribution in [0.3, 0.4) is 0 Å². The third-order valence-electron chi connectivity index (χ3n) is 8.25. The second kappa shape index (κ2) is 11.6. The van der Waals surface area contributed by atoms with E-state index in [0.29, 0.717) is 37.0 Å². The molecule has 2 atom stereocenters. The van der Waals surface area contributed by atoms with Crippen LogP contribution in [0.5, 0.6) is 0 Å². The maximum absolute atomic E-state index is 13.3. The number of hydrogen-bond donors (Lipinski definition) is 3. The van der Waals surface area contributed by atoms with E-state index in [-0.39, 0.29) is 34.2 Å². The van der Waals surface area contributed by atoms with Crippen molar-refractivity contribution in [1.29, 1.82) is 0 Å². The number of pyridine rings is 1. The molecule has 43 heavy (non-hydrogen) atoms. The monoisotopic (exact) mass is 606 g/mol. The molecule has 0 bridgehead atoms. The fourth-order valence-electron chi connectivity index (χ4n) is 6.10. The first-order chi connectivity index (χ1) is 20.7. The molecule has 5 heterocycles. The summed E-state index contributed by atoms with van der Waals surface area (Å²) >= 11 is 1.15. The van der Waals surface area contributed by atoms with Crippen molar-refractivity contribution in [2.45, 2.75) is 63.1 Å². The summed E-state index contributed by atoms with van der Waals surface area (Å²) in [7, 11) is 1.87. The third kappa shape index (κ3) is 5.49. The highest BCUT2D eigenvalue weighted by atomic mass is 32.1. The number of β-lactam (4-membered cyclic amide) rings is 1. The van der Waals surface area contributed by atoms with E-state index in [1.807, 2.05) is 36.1 Å². The molecule has 4 aliphatic rings. The minimum atomic E-state index is -1.27. The number of aromatic nitrogens is 2. The van der Waals surface area contributed by atoms with Gasteiger partial charge in [0.15, 0.2) is 23.2 Å². The number of aliphatic carboxylic acids is 1. The van der Waals surface area contributed by atoms with Crippen LogP contribution in [0.15, 0.2) is 58.0 Å². The van der Waals surface area contributed by atoms with Crippen molar-refractivity contribution in [2.75, 3.05) is 17.2 Å². The van der Waals surface area contributed by atoms with Gasteiger partial charge in [0.25, 0.3) is 17.7 Å². The summed E-state index contributed by atoms with van der Waals surface area (Å²) in [6.45, 7) is 0.475. The van der Waals surface area contributed by atoms with Crippen LogP contribution < -0.4 is 20.5 Å². The number of nitrogens with one attached hydrogen (secondary N) is 1. The van der Waals surface area contributed by atoms with Crippen LogP contribution in [0.4, 0.5) is 10.8 Å². The SMILES string of the molecule is C[n+]1cccc(N2CC/C(=C\C3=C(C(=O)O)N4C(=O)[C@@H](NC(=O)/C(=N\OC5CCCC5)c5csc(N)n5)[C@H]4CC3)C2=O)c1. The van der Waals surface area contributed by atoms with E-state index in [4.69, 9.17) is 10.6 Å². The Bertz CT molecular complexity index is 1590. The molecule has 2 saturated heterocycles. The van der Waals surface area contributed by atoms with Gasteiger partial charge in [-0.25, -0.2) is 14.3 Å². The average Bonchev–Trinajstić information content (AvgIpc) is 3.74. The number of carbonyl (C=O) groups is 4. The molecule has 6 rings (SSSR count). The molecule has 3 amide bonds. The molecule has 2 aromatic heterocycles. The fraction of sp³-hybridized carbons (Fsp3) is 0.414. The molecule has 0 spiro atoms. The van der Waals surface area contributed by atoms with Crippen molar-refractivity contribution >= 4 is 51.6 Å². The van der Waals surface area contributed by atoms with Crippen LogP contribution >= 0.6 is 11.3 Å². The van der Waals surface area contributed by atoms with Crippen LogP contribution in [-0.4, -0.2) is 69.1 Å². The summed E-state index contributed by atoms with van der Waals surface area (Å²) in [5.41, 5.74) is 7.42. The standard InChI is InChI=1S/C29H31N7O6S/c1-34-11-4-5-18(14-34)35-12-10-17(26(35)38)13-16-8-9-21-23(27(39)36(21)24(16)28(40)41)32-25(37)22(20-15-43-29(30)31-20)33-42-19-6-2-3-7-19/h4-5,11,13-15,19,21,23H,2-3,6-10,12H2,1H3,(H3-,30,31,32,37,40,41)/p+1/b17-13+,33-22-/t21-,23+/m1/s1. The van der Waals surface area contributed by atoms with E-state index in [0.717, 1.165) is 42.7 Å². The van der Waals surface area contributed by atoms with E-state index in [1.165, 1.54) is 4.90 Å². The Hall–Kier alpha value is -4.59. The molecular weight excluding hydrogens is 574 g/mol. The topological polar surface area (TPSA) is 171 Å². The molecule has 224 valence electrons. The summed E-state index contributed by atoms with van der Waals surface area (Å²) < 4.78 is 1.85. The van der Waals surface area contributed by atoms with Crippen molar-refractivity contribution in [2.24, 2.45) is 12.2 Å². The second-order valence-corrected chi connectivity index (χ2v) is 12.0. The first-order valence-corrected chi connectivity index (χ1v) is 15.1. The number of anilines is 2. The highest BCUT2D eigenvalue weighted by Crippen LogP contribution is 2.38. The van der Waals surface area contributed by atoms with Crippen LogP contribution in [0, 0.1) is 0 Å². The van der Waals surface area contributed by atoms with Gasteiger partial charge in [0.1, 0.15) is 36.3 Å². The number of carbonyl (C=O) groups excluding carboxylic acids is 3. The highest BCUT2D eigenvalue weighted by Gasteiger charge is 2.53. The number of nitrogen functional groups attached to an aromatic ring is 1. The van der Waals surface area contributed by atoms with Gasteiger partial charge in [0.05, 0.1) is 6.04 Å². The predicted octanol–water partition coefficient (Wildman–Crippen LogP) is 1.40. The number of nitrogens with two attached hydrogens (primary N) is 1. The lowest BCUT2D eigenvalue weighted by molar-refractivity contribution is -0.670. The van der Waals surface area contributed by atoms with Gasteiger partial charge in [-0.1, -0.05) is 5.16 Å². The Labute approximate surface area is 251 Å². The molecular formula is C29H32N7O6S+. The molecule has 1 aliphatic carbocycles. The number of carboxylic acid groups (broad SMARTS) is 1. The maximum Gasteiger partial charge on any atom is 0.352 e. The molecule has 0 radical (unpaired) electrons. The zero-order valence-corrected chi connectivity index (χ0v) is 24.4. The van der Waals surface area contributed by atoms with Gasteiger partial charge in [-0.15, -0.1) is 11.3 Å². The van der Waals surface area contributed by atoms with Crippen LogP contribution in [0.25, 0.3) is 0 Å². The lowest BCUT2D eigenvalue weighted by Gasteiger charge is -2.50. The van der Waals surface area contributed by atoms with Gasteiger partial charge in [0.2, 0.25) is 0 Å². The largest absolute Gasteiger partial charge is 0.477 e. The minimum Gasteiger partial charge on any atom is -0.477 e. The third-order valence-corrected chi connectivity index (χ3v) is 8.92. The predicted molar refractivity (Wildman–Crippen MR) is 156 cm³/mol. The number of nitrogens with zero attached hydrogens (tertiary/aromatic N) is 5. The van der Waals surface area contributed by atoms with E-state index in [9.17, 15) is 24.3 Å². The number of amides is 3. The van der Waals surface area contributed by atoms with Crippen molar-refractivity contribution < 1.29 is 33.7 Å². The normalized spacial score (nSPS) is 23.6. The molecule has 0 aromatic carbocycles. The van der Waals surface area contributed by atoms with Crippen molar-refractivity contribution in [3.05, 3.63) is 58.5 Å². The van der Waals surface area contributed by atoms with Gasteiger partial charge >= 0.3 is 5.97 Å². The van der Waals surface area contributed by atoms with Gasteiger partial charge in [0, 0.05) is 23.6 Å². The van der Waals surface area contributed by atoms with Crippen molar-refractivity contribution in [1.82, 2.24) is 15.2 Å². The van der Waals surface area contributed by atoms with E-state index in [2.05, 4.69) is 15.5 Å². The van der Waals surface area contributed by atoms with Gasteiger partial charge < -0.3 is 25.9 Å². The van der Waals surface area contributed by atoms with E-state index in [1.54, 1.807) is 16.4 Å². The smallest absolute Gasteiger partial charge is 0.352 e. The quantitative estimate of drug-likeness (QED) is 0.133. The number of allylic oxidation sites excluding steroid dienone is 2. The first-order valence-electron chi connectivity index (χ1n) is 14.2. The Morgan fingerprint density at radius 1 is 1.26 bits per heavy atom. The zero-order chi connectivity index (χ0) is 30.2. The average molecular weight is 607 g/mol. The zero-order valence-electron chi connectivity index (χ0n) is 23.6. The molecule has 0 unspecified atom stereocenters. The van der Waals surface area contributed by atoms with Crippen LogP contribution in [-0.2, 0) is 31.1 Å². The van der Waals surface area contributed by atoms with Gasteiger partial charge in [-0.05, 0) is 62.7 Å². The number of fused-ring (bicyclic) bond motifs is 1. The summed E-state index contributed by atoms with van der Waals surface area (Å²) in [4.78, 5) is 64.9. The summed E-state index contributed by atoms with van der Waals surface area (Å²) in [5.74, 6) is -2.66. The van der Waals surface area contributed by atoms with Gasteiger partial charge in [-0.3, -0.25) is 19.3 Å². The number of rotatable bonds is 8. The molecule has 3 aliphatic heterocycles. The van der Waals surface area contributed by atoms with Crippen LogP contribution in [0.2, 0.25) is 0 Å². The number of hydrogen-bond acceptors (Lipinski definition) is 9. The van der Waals surface area contributed by atoms with E-state index >= 15 is 0 Å². The fourth-order valence-corrected chi connectivity index (χ4v) is 6.65. The Kier molecular flexibility index (Phi) is 7.69. The number of oxime groups is 1. The van der Waals surface area contributed by atoms with Gasteiger partial charge in [-0.2, -0.15) is 0 Å². The molecule has 4 N–H and O–H groups in total. The Morgan fingerprint density at radius 3 is 2.74 bits per heavy atom. The minimum absolute atomic E-state index is 0.0855. The van der Waals surface area contributed by atoms with E-state index < -0.39 is 29.9 Å². The number of aryl methyl sites for hydroxylation is 1.